The van der Waals surface area contributed by atoms with Gasteiger partial charge in [-0.25, -0.2) is 0 Å². The summed E-state index contributed by atoms with van der Waals surface area (Å²) in [4.78, 5) is 0. The average molecular weight is 142 g/mol. The molecule has 0 bridgehead atoms. The number of nitrogens with one attached hydrogen (secondary N) is 1. The Hall–Kier alpha value is -0.380. The quantitative estimate of drug-likeness (QED) is 0.389. The lowest BCUT2D eigenvalue weighted by Crippen LogP contribution is -2.42. The maximum atomic E-state index is 9.26. The van der Waals surface area contributed by atoms with Crippen molar-refractivity contribution in [1.29, 1.82) is 0 Å². The fourth-order valence-electron chi connectivity index (χ4n) is 0.960. The van der Waals surface area contributed by atoms with Crippen LogP contribution in [-0.2, 0) is 0 Å². The van der Waals surface area contributed by atoms with Gasteiger partial charge in [-0.3, -0.25) is 0 Å². The van der Waals surface area contributed by atoms with E-state index in [0.29, 0.717) is 6.54 Å². The van der Waals surface area contributed by atoms with Crippen molar-refractivity contribution >= 4 is 0 Å². The zero-order chi connectivity index (χ0) is 7.40. The van der Waals surface area contributed by atoms with Gasteiger partial charge in [0.1, 0.15) is 0 Å². The van der Waals surface area contributed by atoms with Crippen molar-refractivity contribution in [3.63, 3.8) is 0 Å². The summed E-state index contributed by atoms with van der Waals surface area (Å²) in [7, 11) is 0. The second-order valence-electron chi connectivity index (χ2n) is 2.60. The van der Waals surface area contributed by atoms with E-state index in [-0.39, 0.29) is 6.04 Å². The summed E-state index contributed by atoms with van der Waals surface area (Å²) in [6.45, 7) is 1.44. The largest absolute Gasteiger partial charge is 0.390 e. The van der Waals surface area contributed by atoms with Gasteiger partial charge in [0.25, 0.3) is 0 Å². The molecule has 10 heavy (non-hydrogen) atoms. The Morgan fingerprint density at radius 3 is 3.10 bits per heavy atom. The van der Waals surface area contributed by atoms with Crippen molar-refractivity contribution < 1.29 is 5.11 Å². The molecule has 1 rings (SSSR count). The molecule has 0 aromatic carbocycles. The lowest BCUT2D eigenvalue weighted by Gasteiger charge is -2.19. The number of nitrogens with two attached hydrogens (primary N) is 1. The van der Waals surface area contributed by atoms with Crippen LogP contribution in [0.4, 0.5) is 0 Å². The van der Waals surface area contributed by atoms with E-state index in [1.807, 2.05) is 12.2 Å². The normalized spacial score (nSPS) is 35.0. The Morgan fingerprint density at radius 2 is 2.30 bits per heavy atom. The Labute approximate surface area is 60.9 Å². The molecule has 0 spiro atoms. The highest BCUT2D eigenvalue weighted by Gasteiger charge is 2.13. The van der Waals surface area contributed by atoms with Crippen LogP contribution in [-0.4, -0.2) is 30.3 Å². The highest BCUT2D eigenvalue weighted by atomic mass is 16.3. The molecule has 3 heteroatoms. The summed E-state index contributed by atoms with van der Waals surface area (Å²) in [6, 6.07) is -0.107. The monoisotopic (exact) mass is 142 g/mol. The number of aliphatic hydroxyl groups excluding tert-OH is 1. The topological polar surface area (TPSA) is 58.3 Å². The van der Waals surface area contributed by atoms with E-state index >= 15 is 0 Å². The van der Waals surface area contributed by atoms with E-state index in [4.69, 9.17) is 5.73 Å². The standard InChI is InChI=1S/C7H14N2O/c8-6-3-1-2-4-9-5-7(6)10/h1-2,6-7,9-10H,3-5,8H2. The number of rotatable bonds is 0. The Bertz CT molecular complexity index is 125. The molecule has 1 heterocycles. The van der Waals surface area contributed by atoms with Crippen molar-refractivity contribution in [2.24, 2.45) is 5.73 Å². The minimum Gasteiger partial charge on any atom is -0.390 e. The van der Waals surface area contributed by atoms with E-state index < -0.39 is 6.10 Å². The second-order valence-corrected chi connectivity index (χ2v) is 2.60. The lowest BCUT2D eigenvalue weighted by molar-refractivity contribution is 0.143. The van der Waals surface area contributed by atoms with Gasteiger partial charge in [-0.2, -0.15) is 0 Å². The van der Waals surface area contributed by atoms with Crippen LogP contribution in [0.1, 0.15) is 6.42 Å². The molecule has 0 aromatic heterocycles. The fourth-order valence-corrected chi connectivity index (χ4v) is 0.960. The van der Waals surface area contributed by atoms with Crippen LogP contribution in [0.5, 0.6) is 0 Å². The van der Waals surface area contributed by atoms with Crippen LogP contribution in [0.15, 0.2) is 12.2 Å². The zero-order valence-electron chi connectivity index (χ0n) is 5.96. The SMILES string of the molecule is NC1CC=CCNCC1O. The summed E-state index contributed by atoms with van der Waals surface area (Å²) in [5.74, 6) is 0. The maximum absolute atomic E-state index is 9.26. The van der Waals surface area contributed by atoms with E-state index in [1.165, 1.54) is 0 Å². The average Bonchev–Trinajstić information content (AvgIpc) is 1.92. The van der Waals surface area contributed by atoms with Crippen molar-refractivity contribution in [2.45, 2.75) is 18.6 Å². The van der Waals surface area contributed by atoms with Gasteiger partial charge >= 0.3 is 0 Å². The molecule has 2 unspecified atom stereocenters. The predicted octanol–water partition coefficient (Wildman–Crippen LogP) is -0.776. The van der Waals surface area contributed by atoms with Crippen molar-refractivity contribution in [1.82, 2.24) is 5.32 Å². The molecule has 2 atom stereocenters. The fraction of sp³-hybridized carbons (Fsp3) is 0.714. The third-order valence-electron chi connectivity index (χ3n) is 1.68. The summed E-state index contributed by atoms with van der Waals surface area (Å²) < 4.78 is 0. The molecule has 0 radical (unpaired) electrons. The molecule has 0 amide bonds. The molecule has 0 saturated carbocycles. The van der Waals surface area contributed by atoms with Gasteiger partial charge in [-0.05, 0) is 6.42 Å². The Morgan fingerprint density at radius 1 is 1.50 bits per heavy atom. The first-order valence-corrected chi connectivity index (χ1v) is 3.60. The third-order valence-corrected chi connectivity index (χ3v) is 1.68. The van der Waals surface area contributed by atoms with Gasteiger partial charge in [-0.1, -0.05) is 12.2 Å². The maximum Gasteiger partial charge on any atom is 0.0818 e. The van der Waals surface area contributed by atoms with Crippen LogP contribution in [0, 0.1) is 0 Å². The summed E-state index contributed by atoms with van der Waals surface area (Å²) in [5.41, 5.74) is 5.61. The third kappa shape index (κ3) is 2.10. The van der Waals surface area contributed by atoms with Crippen LogP contribution in [0.2, 0.25) is 0 Å². The minimum absolute atomic E-state index is 0.107. The van der Waals surface area contributed by atoms with Crippen molar-refractivity contribution in [3.05, 3.63) is 12.2 Å². The molecule has 0 saturated heterocycles. The lowest BCUT2D eigenvalue weighted by atomic mass is 10.1. The number of β-amino-alcohol motifs (C(OH)–C–C–N with tert-alkyl or cyclic N) is 1. The second kappa shape index (κ2) is 3.71. The minimum atomic E-state index is -0.398. The highest BCUT2D eigenvalue weighted by molar-refractivity contribution is 4.92. The first-order chi connectivity index (χ1) is 4.80. The van der Waals surface area contributed by atoms with Gasteiger partial charge in [0.05, 0.1) is 6.10 Å². The van der Waals surface area contributed by atoms with E-state index in [0.717, 1.165) is 13.0 Å². The molecule has 0 fully saturated rings. The van der Waals surface area contributed by atoms with Gasteiger partial charge in [0, 0.05) is 19.1 Å². The molecule has 0 aliphatic carbocycles. The van der Waals surface area contributed by atoms with E-state index in [1.54, 1.807) is 0 Å². The molecule has 0 aromatic rings. The first kappa shape index (κ1) is 7.72. The van der Waals surface area contributed by atoms with Crippen LogP contribution in [0.3, 0.4) is 0 Å². The Balaban J connectivity index is 2.41. The van der Waals surface area contributed by atoms with Crippen LogP contribution >= 0.6 is 0 Å². The molecule has 3 nitrogen and oxygen atoms in total. The van der Waals surface area contributed by atoms with Gasteiger partial charge in [-0.15, -0.1) is 0 Å². The van der Waals surface area contributed by atoms with Crippen molar-refractivity contribution in [2.75, 3.05) is 13.1 Å². The summed E-state index contributed by atoms with van der Waals surface area (Å²) >= 11 is 0. The van der Waals surface area contributed by atoms with Crippen molar-refractivity contribution in [3.8, 4) is 0 Å². The highest BCUT2D eigenvalue weighted by Crippen LogP contribution is 1.98. The van der Waals surface area contributed by atoms with Crippen LogP contribution in [0.25, 0.3) is 0 Å². The molecule has 4 N–H and O–H groups in total. The zero-order valence-corrected chi connectivity index (χ0v) is 5.96. The predicted molar refractivity (Wildman–Crippen MR) is 40.6 cm³/mol. The molecular formula is C7H14N2O. The number of aliphatic hydroxyl groups is 1. The molecular weight excluding hydrogens is 128 g/mol. The first-order valence-electron chi connectivity index (χ1n) is 3.60. The smallest absolute Gasteiger partial charge is 0.0818 e. The van der Waals surface area contributed by atoms with Gasteiger partial charge in [0.2, 0.25) is 0 Å². The molecule has 1 aliphatic rings. The number of hydrogen-bond donors (Lipinski definition) is 3. The summed E-state index contributed by atoms with van der Waals surface area (Å²) in [5, 5.41) is 12.3. The molecule has 1 aliphatic heterocycles. The molecule has 58 valence electrons. The van der Waals surface area contributed by atoms with Gasteiger partial charge < -0.3 is 16.2 Å². The Kier molecular flexibility index (Phi) is 2.86. The number of hydrogen-bond acceptors (Lipinski definition) is 3. The van der Waals surface area contributed by atoms with Gasteiger partial charge in [0.15, 0.2) is 0 Å². The van der Waals surface area contributed by atoms with Crippen LogP contribution < -0.4 is 11.1 Å². The van der Waals surface area contributed by atoms with E-state index in [2.05, 4.69) is 5.32 Å². The summed E-state index contributed by atoms with van der Waals surface area (Å²) in [6.07, 6.45) is 4.42. The van der Waals surface area contributed by atoms with E-state index in [9.17, 15) is 5.11 Å².